The van der Waals surface area contributed by atoms with Crippen molar-refractivity contribution < 1.29 is 37.8 Å². The second-order valence-corrected chi connectivity index (χ2v) is 16.9. The number of hydrogen-bond donors (Lipinski definition) is 4. The number of amides is 4. The number of rotatable bonds is 10. The Morgan fingerprint density at radius 3 is 2.07 bits per heavy atom. The van der Waals surface area contributed by atoms with Gasteiger partial charge in [0.25, 0.3) is 0 Å². The van der Waals surface area contributed by atoms with Gasteiger partial charge in [0.1, 0.15) is 36.1 Å². The molecule has 0 radical (unpaired) electrons. The molecule has 1 aliphatic carbocycles. The maximum absolute atomic E-state index is 16.8. The number of halogens is 1. The van der Waals surface area contributed by atoms with Crippen molar-refractivity contribution in [1.82, 2.24) is 44.9 Å². The number of ether oxygens (including phenoxy) is 3. The molecule has 5 atom stereocenters. The van der Waals surface area contributed by atoms with Crippen molar-refractivity contribution in [3.8, 4) is 28.3 Å². The highest BCUT2D eigenvalue weighted by Crippen LogP contribution is 2.39. The van der Waals surface area contributed by atoms with E-state index >= 15 is 4.39 Å². The molecule has 16 nitrogen and oxygen atoms in total. The highest BCUT2D eigenvalue weighted by Gasteiger charge is 2.39. The number of H-pyrrole nitrogens is 2. The van der Waals surface area contributed by atoms with Crippen molar-refractivity contribution in [3.63, 3.8) is 0 Å². The lowest BCUT2D eigenvalue weighted by Crippen LogP contribution is -2.51. The van der Waals surface area contributed by atoms with Gasteiger partial charge in [-0.1, -0.05) is 45.9 Å². The predicted octanol–water partition coefficient (Wildman–Crippen LogP) is 4.64. The van der Waals surface area contributed by atoms with Crippen LogP contribution < -0.4 is 25.9 Å². The maximum atomic E-state index is 16.8. The van der Waals surface area contributed by atoms with Crippen molar-refractivity contribution in [3.05, 3.63) is 64.3 Å². The van der Waals surface area contributed by atoms with E-state index in [0.29, 0.717) is 66.5 Å². The van der Waals surface area contributed by atoms with Crippen LogP contribution in [0.4, 0.5) is 14.0 Å². The van der Waals surface area contributed by atoms with Gasteiger partial charge in [-0.05, 0) is 56.1 Å². The van der Waals surface area contributed by atoms with Gasteiger partial charge in [-0.15, -0.1) is 0 Å². The lowest BCUT2D eigenvalue weighted by molar-refractivity contribution is -0.136. The van der Waals surface area contributed by atoms with Gasteiger partial charge in [0.15, 0.2) is 5.82 Å². The van der Waals surface area contributed by atoms with Gasteiger partial charge in [0.2, 0.25) is 11.8 Å². The molecule has 4 aliphatic rings. The van der Waals surface area contributed by atoms with Gasteiger partial charge < -0.3 is 49.2 Å². The van der Waals surface area contributed by atoms with Crippen LogP contribution in [-0.2, 0) is 25.6 Å². The van der Waals surface area contributed by atoms with Gasteiger partial charge in [0.05, 0.1) is 50.4 Å². The van der Waals surface area contributed by atoms with Crippen molar-refractivity contribution in [2.45, 2.75) is 96.4 Å². The molecule has 2 fully saturated rings. The van der Waals surface area contributed by atoms with Crippen LogP contribution in [0.1, 0.15) is 95.1 Å². The van der Waals surface area contributed by atoms with E-state index in [1.807, 2.05) is 56.5 Å². The Balaban J connectivity index is 1.02. The summed E-state index contributed by atoms with van der Waals surface area (Å²) in [5, 5.41) is 6.71. The zero-order chi connectivity index (χ0) is 43.1. The Morgan fingerprint density at radius 2 is 1.46 bits per heavy atom. The van der Waals surface area contributed by atoms with Gasteiger partial charge in [0, 0.05) is 52.6 Å². The number of nitrogens with one attached hydrogen (secondary N) is 4. The Bertz CT molecular complexity index is 2450. The maximum Gasteiger partial charge on any atom is 0.407 e. The molecule has 0 spiro atoms. The minimum Gasteiger partial charge on any atom is -0.491 e. The highest BCUT2D eigenvalue weighted by atomic mass is 19.1. The molecule has 324 valence electrons. The van der Waals surface area contributed by atoms with Crippen molar-refractivity contribution in [2.24, 2.45) is 11.8 Å². The van der Waals surface area contributed by atoms with Crippen LogP contribution in [0.15, 0.2) is 30.6 Å². The number of methoxy groups -OCH3 is 2. The average Bonchev–Trinajstić information content (AvgIpc) is 4.11. The minimum atomic E-state index is -0.733. The largest absolute Gasteiger partial charge is 0.491 e. The van der Waals surface area contributed by atoms with Crippen LogP contribution >= 0.6 is 0 Å². The summed E-state index contributed by atoms with van der Waals surface area (Å²) in [6, 6.07) is 3.67. The second-order valence-electron chi connectivity index (χ2n) is 16.9. The fourth-order valence-electron chi connectivity index (χ4n) is 9.22. The number of aromatic nitrogens is 5. The Kier molecular flexibility index (Phi) is 11.7. The summed E-state index contributed by atoms with van der Waals surface area (Å²) in [4.78, 5) is 71.2. The third kappa shape index (κ3) is 7.85. The first kappa shape index (κ1) is 41.6. The summed E-state index contributed by atoms with van der Waals surface area (Å²) in [5.74, 6) is 0.741. The van der Waals surface area contributed by atoms with Gasteiger partial charge in [-0.25, -0.2) is 23.9 Å². The Morgan fingerprint density at radius 1 is 0.852 bits per heavy atom. The number of aromatic amines is 2. The van der Waals surface area contributed by atoms with Crippen molar-refractivity contribution in [1.29, 1.82) is 0 Å². The molecule has 4 aromatic rings. The molecule has 3 aliphatic heterocycles. The second kappa shape index (κ2) is 17.1. The zero-order valence-electron chi connectivity index (χ0n) is 35.4. The fourth-order valence-corrected chi connectivity index (χ4v) is 9.22. The summed E-state index contributed by atoms with van der Waals surface area (Å²) >= 11 is 0. The molecule has 0 bridgehead atoms. The number of benzene rings is 1. The summed E-state index contributed by atoms with van der Waals surface area (Å²) in [6.07, 6.45) is 9.93. The van der Waals surface area contributed by atoms with Crippen LogP contribution in [-0.4, -0.2) is 104 Å². The smallest absolute Gasteiger partial charge is 0.407 e. The predicted molar refractivity (Wildman–Crippen MR) is 223 cm³/mol. The molecule has 61 heavy (non-hydrogen) atoms. The van der Waals surface area contributed by atoms with Gasteiger partial charge in [-0.3, -0.25) is 9.59 Å². The van der Waals surface area contributed by atoms with Crippen LogP contribution in [0.5, 0.6) is 5.75 Å². The summed E-state index contributed by atoms with van der Waals surface area (Å²) < 4.78 is 34.6. The highest BCUT2D eigenvalue weighted by molar-refractivity contribution is 5.87. The monoisotopic (exact) mass is 839 g/mol. The average molecular weight is 840 g/mol. The van der Waals surface area contributed by atoms with E-state index < -0.39 is 24.3 Å². The molecule has 1 aromatic carbocycles. The van der Waals surface area contributed by atoms with E-state index in [1.165, 1.54) is 14.2 Å². The number of carbonyl (C=O) groups excluding carboxylic acids is 4. The minimum absolute atomic E-state index is 0.143. The Hall–Kier alpha value is -6.13. The normalized spacial score (nSPS) is 20.4. The van der Waals surface area contributed by atoms with E-state index in [9.17, 15) is 19.2 Å². The third-order valence-corrected chi connectivity index (χ3v) is 12.4. The number of likely N-dealkylation sites (tertiary alicyclic amines) is 2. The fraction of sp³-hybridized carbons (Fsp3) is 0.500. The first-order valence-electron chi connectivity index (χ1n) is 21.2. The van der Waals surface area contributed by atoms with E-state index in [1.54, 1.807) is 22.2 Å². The summed E-state index contributed by atoms with van der Waals surface area (Å²) in [5.41, 5.74) is 3.49. The quantitative estimate of drug-likeness (QED) is 0.177. The number of nitrogens with zero attached hydrogens (tertiary/aromatic N) is 5. The summed E-state index contributed by atoms with van der Waals surface area (Å²) in [7, 11) is 2.55. The third-order valence-electron chi connectivity index (χ3n) is 12.4. The first-order chi connectivity index (χ1) is 29.4. The molecule has 0 saturated carbocycles. The standard InChI is InChI=1S/C44H54FN9O7/c1-23(2)36(50-43(57)59-5)41(55)53-15-7-9-32(53)39-46-21-29(48-39)25-12-14-31-28(19-25)35(45)38-27-13-11-26(20-34(27)61-18-17-52(31)38)30-22-47-40(49-30)33-10-8-16-54(33)42(56)37(24(3)4)51-44(58)60-6/h11,13-14,19-25,32-33,36-37H,7-10,12,15-18H2,1-6H3,(H,46,48)(H,47,49)(H,50,57)(H,51,58). The van der Waals surface area contributed by atoms with Crippen molar-refractivity contribution >= 4 is 36.2 Å². The first-order valence-corrected chi connectivity index (χ1v) is 21.2. The zero-order valence-corrected chi connectivity index (χ0v) is 35.4. The topological polar surface area (TPSA) is 189 Å². The molecule has 8 rings (SSSR count). The Labute approximate surface area is 352 Å². The van der Waals surface area contributed by atoms with Gasteiger partial charge in [-0.2, -0.15) is 0 Å². The molecule has 4 amide bonds. The molecule has 17 heteroatoms. The molecule has 5 unspecified atom stereocenters. The molecular formula is C44H54FN9O7. The lowest BCUT2D eigenvalue weighted by atomic mass is 9.97. The van der Waals surface area contributed by atoms with Crippen molar-refractivity contribution in [2.75, 3.05) is 33.9 Å². The number of imidazole rings is 2. The van der Waals surface area contributed by atoms with Crippen LogP contribution in [0.25, 0.3) is 34.7 Å². The summed E-state index contributed by atoms with van der Waals surface area (Å²) in [6.45, 7) is 9.43. The molecular weight excluding hydrogens is 786 g/mol. The van der Waals surface area contributed by atoms with Crippen LogP contribution in [0.3, 0.4) is 0 Å². The number of alkyl carbamates (subject to hydrolysis) is 2. The molecule has 6 heterocycles. The molecule has 3 aromatic heterocycles. The van der Waals surface area contributed by atoms with Crippen LogP contribution in [0, 0.1) is 17.7 Å². The molecule has 2 saturated heterocycles. The SMILES string of the molecule is COC(=O)NC(C(=O)N1CCCC1c1ncc(-c2ccc3c(c2)OCCn2c-3c(F)c3c2=CCC(c2cnc(C4CCCN4C(=O)C(NC(=O)OC)C(C)C)[nH]2)C=3)[nH]1)C(C)C. The lowest BCUT2D eigenvalue weighted by Gasteiger charge is -2.30. The van der Waals surface area contributed by atoms with E-state index in [2.05, 4.69) is 31.7 Å². The molecule has 4 N–H and O–H groups in total. The number of hydrogen-bond acceptors (Lipinski definition) is 9. The van der Waals surface area contributed by atoms with E-state index in [-0.39, 0.29) is 47.5 Å². The number of fused-ring (bicyclic) bond motifs is 5. The van der Waals surface area contributed by atoms with E-state index in [0.717, 1.165) is 48.0 Å². The number of carbonyl (C=O) groups is 4. The van der Waals surface area contributed by atoms with E-state index in [4.69, 9.17) is 19.2 Å². The van der Waals surface area contributed by atoms with Gasteiger partial charge >= 0.3 is 12.2 Å². The van der Waals surface area contributed by atoms with Crippen LogP contribution in [0.2, 0.25) is 0 Å².